The van der Waals surface area contributed by atoms with E-state index in [1.165, 1.54) is 12.1 Å². The first-order valence-electron chi connectivity index (χ1n) is 7.88. The first kappa shape index (κ1) is 17.7. The second-order valence-electron chi connectivity index (χ2n) is 6.19. The predicted molar refractivity (Wildman–Crippen MR) is 88.3 cm³/mol. The Bertz CT molecular complexity index is 653. The number of hydrogen-bond donors (Lipinski definition) is 2. The van der Waals surface area contributed by atoms with E-state index < -0.39 is 22.8 Å². The topological polar surface area (TPSA) is 113 Å². The zero-order valence-corrected chi connectivity index (χ0v) is 13.7. The van der Waals surface area contributed by atoms with E-state index in [1.54, 1.807) is 19.9 Å². The van der Waals surface area contributed by atoms with Crippen LogP contribution in [0, 0.1) is 16.0 Å². The molecule has 8 heteroatoms. The van der Waals surface area contributed by atoms with Gasteiger partial charge in [-0.25, -0.2) is 4.79 Å². The van der Waals surface area contributed by atoms with Crippen molar-refractivity contribution in [1.82, 2.24) is 5.32 Å². The van der Waals surface area contributed by atoms with Gasteiger partial charge in [-0.15, -0.1) is 0 Å². The Morgan fingerprint density at radius 2 is 1.92 bits per heavy atom. The average Bonchev–Trinajstić information content (AvgIpc) is 3.05. The maximum atomic E-state index is 12.3. The molecule has 1 amide bonds. The third-order valence-electron chi connectivity index (χ3n) is 4.10. The highest BCUT2D eigenvalue weighted by Gasteiger charge is 2.27. The highest BCUT2D eigenvalue weighted by atomic mass is 16.6. The van der Waals surface area contributed by atoms with Crippen molar-refractivity contribution in [2.45, 2.75) is 32.7 Å². The number of rotatable bonds is 6. The van der Waals surface area contributed by atoms with Crippen LogP contribution in [0.25, 0.3) is 0 Å². The molecule has 2 rings (SSSR count). The number of carbonyl (C=O) groups excluding carboxylic acids is 1. The minimum absolute atomic E-state index is 0.0801. The lowest BCUT2D eigenvalue weighted by Gasteiger charge is -2.19. The molecule has 1 fully saturated rings. The molecule has 1 aliphatic heterocycles. The number of carboxylic acid groups (broad SMARTS) is 1. The summed E-state index contributed by atoms with van der Waals surface area (Å²) < 4.78 is 0. The molecule has 0 unspecified atom stereocenters. The number of nitrogens with one attached hydrogen (secondary N) is 1. The molecule has 1 aromatic carbocycles. The van der Waals surface area contributed by atoms with Crippen molar-refractivity contribution < 1.29 is 19.6 Å². The van der Waals surface area contributed by atoms with E-state index >= 15 is 0 Å². The van der Waals surface area contributed by atoms with Crippen LogP contribution in [0.15, 0.2) is 18.2 Å². The number of nitro benzene ring substituents is 1. The zero-order chi connectivity index (χ0) is 17.9. The molecular formula is C16H21N3O5. The van der Waals surface area contributed by atoms with Crippen LogP contribution in [0.4, 0.5) is 11.4 Å². The number of nitrogens with zero attached hydrogens (tertiary/aromatic N) is 2. The molecule has 1 aromatic rings. The fourth-order valence-electron chi connectivity index (χ4n) is 2.77. The minimum atomic E-state index is -1.14. The molecule has 0 aliphatic carbocycles. The highest BCUT2D eigenvalue weighted by Crippen LogP contribution is 2.31. The molecular weight excluding hydrogens is 314 g/mol. The molecule has 24 heavy (non-hydrogen) atoms. The number of carbonyl (C=O) groups is 2. The van der Waals surface area contributed by atoms with Gasteiger partial charge >= 0.3 is 5.97 Å². The van der Waals surface area contributed by atoms with Crippen LogP contribution in [-0.2, 0) is 4.79 Å². The van der Waals surface area contributed by atoms with Gasteiger partial charge in [-0.05, 0) is 30.9 Å². The Balaban J connectivity index is 2.27. The Labute approximate surface area is 139 Å². The molecule has 0 bridgehead atoms. The fraction of sp³-hybridized carbons (Fsp3) is 0.500. The van der Waals surface area contributed by atoms with E-state index in [4.69, 9.17) is 5.11 Å². The summed E-state index contributed by atoms with van der Waals surface area (Å²) in [6.45, 7) is 4.86. The smallest absolute Gasteiger partial charge is 0.326 e. The van der Waals surface area contributed by atoms with Crippen LogP contribution in [0.5, 0.6) is 0 Å². The summed E-state index contributed by atoms with van der Waals surface area (Å²) in [4.78, 5) is 36.2. The molecule has 1 saturated heterocycles. The van der Waals surface area contributed by atoms with Gasteiger partial charge < -0.3 is 15.3 Å². The normalized spacial score (nSPS) is 15.4. The van der Waals surface area contributed by atoms with Gasteiger partial charge in [0.05, 0.1) is 4.92 Å². The van der Waals surface area contributed by atoms with Crippen molar-refractivity contribution in [2.75, 3.05) is 18.0 Å². The second-order valence-corrected chi connectivity index (χ2v) is 6.19. The average molecular weight is 335 g/mol. The predicted octanol–water partition coefficient (Wildman–Crippen LogP) is 2.03. The Morgan fingerprint density at radius 1 is 1.29 bits per heavy atom. The third kappa shape index (κ3) is 3.81. The van der Waals surface area contributed by atoms with Crippen molar-refractivity contribution in [3.05, 3.63) is 33.9 Å². The van der Waals surface area contributed by atoms with Crippen molar-refractivity contribution in [3.8, 4) is 0 Å². The standard InChI is InChI=1S/C16H21N3O5/c1-10(2)14(16(21)22)17-15(20)11-5-6-12(13(9-11)19(23)24)18-7-3-4-8-18/h5-6,9-10,14H,3-4,7-8H2,1-2H3,(H,17,20)(H,21,22)/t14-/m1/s1. The van der Waals surface area contributed by atoms with Gasteiger partial charge in [-0.3, -0.25) is 14.9 Å². The first-order valence-corrected chi connectivity index (χ1v) is 7.88. The zero-order valence-electron chi connectivity index (χ0n) is 13.7. The number of nitro groups is 1. The minimum Gasteiger partial charge on any atom is -0.480 e. The number of anilines is 1. The van der Waals surface area contributed by atoms with Gasteiger partial charge in [-0.2, -0.15) is 0 Å². The van der Waals surface area contributed by atoms with E-state index in [9.17, 15) is 19.7 Å². The molecule has 0 aromatic heterocycles. The summed E-state index contributed by atoms with van der Waals surface area (Å²) in [5.41, 5.74) is 0.435. The van der Waals surface area contributed by atoms with Crippen molar-refractivity contribution in [3.63, 3.8) is 0 Å². The second kappa shape index (κ2) is 7.29. The largest absolute Gasteiger partial charge is 0.480 e. The lowest BCUT2D eigenvalue weighted by Crippen LogP contribution is -2.44. The molecule has 0 saturated carbocycles. The summed E-state index contributed by atoms with van der Waals surface area (Å²) in [6.07, 6.45) is 1.96. The fourth-order valence-corrected chi connectivity index (χ4v) is 2.77. The van der Waals surface area contributed by atoms with Crippen molar-refractivity contribution >= 4 is 23.3 Å². The molecule has 2 N–H and O–H groups in total. The summed E-state index contributed by atoms with van der Waals surface area (Å²) in [5.74, 6) is -2.07. The summed E-state index contributed by atoms with van der Waals surface area (Å²) in [5, 5.41) is 22.9. The number of benzene rings is 1. The SMILES string of the molecule is CC(C)[C@@H](NC(=O)c1ccc(N2CCCC2)c([N+](=O)[O-])c1)C(=O)O. The van der Waals surface area contributed by atoms with E-state index in [-0.39, 0.29) is 17.2 Å². The first-order chi connectivity index (χ1) is 11.3. The van der Waals surface area contributed by atoms with Crippen LogP contribution in [-0.4, -0.2) is 41.0 Å². The van der Waals surface area contributed by atoms with Crippen LogP contribution >= 0.6 is 0 Å². The summed E-state index contributed by atoms with van der Waals surface area (Å²) in [6, 6.07) is 3.22. The molecule has 130 valence electrons. The summed E-state index contributed by atoms with van der Waals surface area (Å²) >= 11 is 0. The molecule has 1 heterocycles. The maximum absolute atomic E-state index is 12.3. The molecule has 8 nitrogen and oxygen atoms in total. The number of carboxylic acids is 1. The number of amides is 1. The lowest BCUT2D eigenvalue weighted by molar-refractivity contribution is -0.384. The van der Waals surface area contributed by atoms with Gasteiger partial charge in [0.1, 0.15) is 11.7 Å². The molecule has 0 radical (unpaired) electrons. The Hall–Kier alpha value is -2.64. The van der Waals surface area contributed by atoms with Crippen LogP contribution in [0.2, 0.25) is 0 Å². The highest BCUT2D eigenvalue weighted by molar-refractivity contribution is 5.98. The van der Waals surface area contributed by atoms with Crippen LogP contribution in [0.3, 0.4) is 0 Å². The Morgan fingerprint density at radius 3 is 2.42 bits per heavy atom. The number of hydrogen-bond acceptors (Lipinski definition) is 5. The molecule has 1 atom stereocenters. The van der Waals surface area contributed by atoms with Gasteiger partial charge in [0.15, 0.2) is 0 Å². The van der Waals surface area contributed by atoms with E-state index in [1.807, 2.05) is 4.90 Å². The van der Waals surface area contributed by atoms with E-state index in [2.05, 4.69) is 5.32 Å². The summed E-state index contributed by atoms with van der Waals surface area (Å²) in [7, 11) is 0. The van der Waals surface area contributed by atoms with Crippen molar-refractivity contribution in [2.24, 2.45) is 5.92 Å². The van der Waals surface area contributed by atoms with Crippen molar-refractivity contribution in [1.29, 1.82) is 0 Å². The van der Waals surface area contributed by atoms with E-state index in [0.717, 1.165) is 25.9 Å². The van der Waals surface area contributed by atoms with E-state index in [0.29, 0.717) is 5.69 Å². The molecule has 1 aliphatic rings. The maximum Gasteiger partial charge on any atom is 0.326 e. The quantitative estimate of drug-likeness (QED) is 0.607. The molecule has 0 spiro atoms. The van der Waals surface area contributed by atoms with Gasteiger partial charge in [0.25, 0.3) is 11.6 Å². The van der Waals surface area contributed by atoms with Gasteiger partial charge in [-0.1, -0.05) is 13.8 Å². The third-order valence-corrected chi connectivity index (χ3v) is 4.10. The Kier molecular flexibility index (Phi) is 5.38. The van der Waals surface area contributed by atoms with Gasteiger partial charge in [0.2, 0.25) is 0 Å². The van der Waals surface area contributed by atoms with Crippen LogP contribution < -0.4 is 10.2 Å². The number of aliphatic carboxylic acids is 1. The van der Waals surface area contributed by atoms with Gasteiger partial charge in [0, 0.05) is 24.7 Å². The lowest BCUT2D eigenvalue weighted by atomic mass is 10.0. The van der Waals surface area contributed by atoms with Crippen LogP contribution in [0.1, 0.15) is 37.0 Å². The monoisotopic (exact) mass is 335 g/mol.